The van der Waals surface area contributed by atoms with E-state index in [2.05, 4.69) is 20.2 Å². The number of amides is 1. The molecule has 1 N–H and O–H groups in total. The van der Waals surface area contributed by atoms with Crippen LogP contribution in [-0.2, 0) is 23.6 Å². The maximum absolute atomic E-state index is 14.9. The molecule has 1 fully saturated rings. The van der Waals surface area contributed by atoms with Crippen molar-refractivity contribution in [2.45, 2.75) is 32.2 Å². The highest BCUT2D eigenvalue weighted by Crippen LogP contribution is 2.35. The smallest absolute Gasteiger partial charge is 0.251 e. The number of aromatic nitrogens is 4. The van der Waals surface area contributed by atoms with Crippen LogP contribution in [0.25, 0.3) is 22.3 Å². The maximum atomic E-state index is 14.9. The molecule has 10 heteroatoms. The van der Waals surface area contributed by atoms with Crippen LogP contribution in [0.1, 0.15) is 40.5 Å². The van der Waals surface area contributed by atoms with Crippen LogP contribution < -0.4 is 10.2 Å². The molecule has 37 heavy (non-hydrogen) atoms. The molecule has 1 atom stereocenters. The monoisotopic (exact) mass is 502 g/mol. The molecule has 4 aromatic rings. The lowest BCUT2D eigenvalue weighted by Gasteiger charge is -2.31. The molecule has 0 spiro atoms. The van der Waals surface area contributed by atoms with Crippen molar-refractivity contribution >= 4 is 22.6 Å². The molecule has 1 amide bonds. The van der Waals surface area contributed by atoms with Crippen LogP contribution in [-0.4, -0.2) is 45.5 Å². The molecule has 2 aliphatic rings. The van der Waals surface area contributed by atoms with Gasteiger partial charge in [-0.3, -0.25) is 14.8 Å². The highest BCUT2D eigenvalue weighted by atomic mass is 19.1. The lowest BCUT2D eigenvalue weighted by molar-refractivity contribution is -0.00647. The first-order valence-corrected chi connectivity index (χ1v) is 12.1. The van der Waals surface area contributed by atoms with E-state index in [4.69, 9.17) is 14.7 Å². The van der Waals surface area contributed by atoms with Gasteiger partial charge in [0.1, 0.15) is 17.3 Å². The number of hydrogen-bond acceptors (Lipinski definition) is 7. The first kappa shape index (κ1) is 23.4. The van der Waals surface area contributed by atoms with Crippen molar-refractivity contribution in [1.29, 1.82) is 0 Å². The van der Waals surface area contributed by atoms with Gasteiger partial charge in [-0.2, -0.15) is 0 Å². The molecule has 8 nitrogen and oxygen atoms in total. The van der Waals surface area contributed by atoms with E-state index in [9.17, 15) is 13.6 Å². The molecular formula is C27H24F2N6O2. The number of nitrogens with zero attached hydrogens (tertiary/aromatic N) is 5. The Labute approximate surface area is 211 Å². The third-order valence-electron chi connectivity index (χ3n) is 6.76. The number of carbonyl (C=O) groups is 1. The minimum absolute atomic E-state index is 0.0211. The molecule has 2 aliphatic heterocycles. The molecule has 0 radical (unpaired) electrons. The average molecular weight is 503 g/mol. The summed E-state index contributed by atoms with van der Waals surface area (Å²) < 4.78 is 34.6. The predicted molar refractivity (Wildman–Crippen MR) is 133 cm³/mol. The maximum Gasteiger partial charge on any atom is 0.251 e. The Morgan fingerprint density at radius 2 is 2.00 bits per heavy atom. The Bertz CT molecular complexity index is 1520. The van der Waals surface area contributed by atoms with Crippen molar-refractivity contribution in [2.75, 3.05) is 24.6 Å². The zero-order valence-electron chi connectivity index (χ0n) is 20.2. The Hall–Kier alpha value is -4.05. The van der Waals surface area contributed by atoms with Gasteiger partial charge in [0.05, 0.1) is 49.1 Å². The number of nitrogens with one attached hydrogen (secondary N) is 1. The Morgan fingerprint density at radius 1 is 1.14 bits per heavy atom. The highest BCUT2D eigenvalue weighted by molar-refractivity contribution is 5.94. The average Bonchev–Trinajstić information content (AvgIpc) is 2.86. The number of benzene rings is 1. The lowest BCUT2D eigenvalue weighted by atomic mass is 9.89. The largest absolute Gasteiger partial charge is 0.373 e. The Kier molecular flexibility index (Phi) is 5.75. The van der Waals surface area contributed by atoms with Crippen molar-refractivity contribution in [3.8, 4) is 11.4 Å². The summed E-state index contributed by atoms with van der Waals surface area (Å²) in [7, 11) is 0. The van der Waals surface area contributed by atoms with E-state index in [1.54, 1.807) is 24.7 Å². The van der Waals surface area contributed by atoms with Crippen molar-refractivity contribution in [3.05, 3.63) is 77.1 Å². The van der Waals surface area contributed by atoms with Gasteiger partial charge in [0.2, 0.25) is 0 Å². The quantitative estimate of drug-likeness (QED) is 0.440. The van der Waals surface area contributed by atoms with Crippen LogP contribution in [0.15, 0.2) is 48.9 Å². The number of carbonyl (C=O) groups excluding carboxylic acids is 1. The summed E-state index contributed by atoms with van der Waals surface area (Å²) in [6.07, 6.45) is 6.28. The molecule has 1 saturated heterocycles. The minimum Gasteiger partial charge on any atom is -0.373 e. The molecule has 0 aliphatic carbocycles. The third kappa shape index (κ3) is 4.48. The van der Waals surface area contributed by atoms with Crippen molar-refractivity contribution < 1.29 is 18.3 Å². The highest BCUT2D eigenvalue weighted by Gasteiger charge is 2.35. The summed E-state index contributed by atoms with van der Waals surface area (Å²) in [5.41, 5.74) is 1.10. The van der Waals surface area contributed by atoms with Crippen molar-refractivity contribution in [1.82, 2.24) is 25.3 Å². The minimum atomic E-state index is -1.87. The van der Waals surface area contributed by atoms with Gasteiger partial charge in [0.15, 0.2) is 5.67 Å². The van der Waals surface area contributed by atoms with Gasteiger partial charge in [0.25, 0.3) is 5.91 Å². The number of alkyl halides is 1. The van der Waals surface area contributed by atoms with Crippen LogP contribution >= 0.6 is 0 Å². The van der Waals surface area contributed by atoms with Crippen molar-refractivity contribution in [2.24, 2.45) is 0 Å². The number of hydrogen-bond donors (Lipinski definition) is 1. The zero-order valence-corrected chi connectivity index (χ0v) is 20.2. The number of anilines is 1. The van der Waals surface area contributed by atoms with Gasteiger partial charge in [0, 0.05) is 41.4 Å². The molecule has 0 unspecified atom stereocenters. The van der Waals surface area contributed by atoms with E-state index in [1.807, 2.05) is 12.1 Å². The van der Waals surface area contributed by atoms with E-state index in [0.29, 0.717) is 22.6 Å². The number of pyridine rings is 2. The number of halogens is 2. The van der Waals surface area contributed by atoms with Crippen LogP contribution in [0.5, 0.6) is 0 Å². The van der Waals surface area contributed by atoms with Crippen LogP contribution in [0, 0.1) is 5.82 Å². The number of fused-ring (bicyclic) bond motifs is 2. The van der Waals surface area contributed by atoms with Gasteiger partial charge in [-0.05, 0) is 43.7 Å². The van der Waals surface area contributed by atoms with Gasteiger partial charge in [-0.25, -0.2) is 18.7 Å². The molecular weight excluding hydrogens is 478 g/mol. The second-order valence-corrected chi connectivity index (χ2v) is 9.53. The topological polar surface area (TPSA) is 93.1 Å². The molecule has 5 heterocycles. The molecule has 1 aromatic carbocycles. The van der Waals surface area contributed by atoms with Gasteiger partial charge in [-0.15, -0.1) is 0 Å². The zero-order chi connectivity index (χ0) is 25.6. The predicted octanol–water partition coefficient (Wildman–Crippen LogP) is 4.08. The van der Waals surface area contributed by atoms with Crippen LogP contribution in [0.3, 0.4) is 0 Å². The summed E-state index contributed by atoms with van der Waals surface area (Å²) in [4.78, 5) is 33.1. The summed E-state index contributed by atoms with van der Waals surface area (Å²) >= 11 is 0. The second kappa shape index (κ2) is 9.11. The lowest BCUT2D eigenvalue weighted by Crippen LogP contribution is -2.37. The fourth-order valence-electron chi connectivity index (χ4n) is 4.55. The summed E-state index contributed by atoms with van der Waals surface area (Å²) in [6.45, 7) is 3.16. The molecule has 0 bridgehead atoms. The normalized spacial score (nSPS) is 18.8. The number of rotatable bonds is 5. The third-order valence-corrected chi connectivity index (χ3v) is 6.76. The first-order chi connectivity index (χ1) is 17.9. The van der Waals surface area contributed by atoms with E-state index in [0.717, 1.165) is 36.8 Å². The fourth-order valence-corrected chi connectivity index (χ4v) is 4.55. The van der Waals surface area contributed by atoms with E-state index in [1.165, 1.54) is 13.0 Å². The summed E-state index contributed by atoms with van der Waals surface area (Å²) in [5, 5.41) is 3.58. The molecule has 0 saturated carbocycles. The second-order valence-electron chi connectivity index (χ2n) is 9.53. The summed E-state index contributed by atoms with van der Waals surface area (Å²) in [6, 6.07) is 8.08. The van der Waals surface area contributed by atoms with Gasteiger partial charge >= 0.3 is 0 Å². The Balaban J connectivity index is 1.21. The van der Waals surface area contributed by atoms with Gasteiger partial charge < -0.3 is 15.0 Å². The van der Waals surface area contributed by atoms with E-state index >= 15 is 0 Å². The number of ether oxygens (including phenoxy) is 1. The van der Waals surface area contributed by atoms with Crippen molar-refractivity contribution in [3.63, 3.8) is 0 Å². The van der Waals surface area contributed by atoms with E-state index < -0.39 is 17.4 Å². The van der Waals surface area contributed by atoms with Gasteiger partial charge in [-0.1, -0.05) is 0 Å². The van der Waals surface area contributed by atoms with E-state index in [-0.39, 0.29) is 36.4 Å². The SMILES string of the molecule is C[C@@]1(F)COCc2c(F)cc(C(=O)NCc3cc4nc(-c5cncc(N6CCC6)n5)ccc4cn3)cc21. The standard InChI is InChI=1S/C27H24F2N6O2/c1-27(29)15-37-14-19-20(27)7-17(8-21(19)28)26(36)32-11-18-9-23-16(10-31-18)3-4-22(33-23)24-12-30-13-25(34-24)35-5-2-6-35/h3-4,7-10,12-13H,2,5-6,11,14-15H2,1H3,(H,32,36)/t27-/m1/s1. The summed E-state index contributed by atoms with van der Waals surface area (Å²) in [5.74, 6) is -0.346. The molecule has 6 rings (SSSR count). The molecule has 188 valence electrons. The van der Waals surface area contributed by atoms with Crippen LogP contribution in [0.2, 0.25) is 0 Å². The Morgan fingerprint density at radius 3 is 2.81 bits per heavy atom. The molecule has 3 aromatic heterocycles. The van der Waals surface area contributed by atoms with Crippen LogP contribution in [0.4, 0.5) is 14.6 Å². The fraction of sp³-hybridized carbons (Fsp3) is 0.296. The first-order valence-electron chi connectivity index (χ1n) is 12.1.